The lowest BCUT2D eigenvalue weighted by atomic mass is 10.1. The average Bonchev–Trinajstić information content (AvgIpc) is 3.20. The molecular weight excluding hydrogens is 366 g/mol. The van der Waals surface area contributed by atoms with Crippen LogP contribution in [0.3, 0.4) is 0 Å². The van der Waals surface area contributed by atoms with Gasteiger partial charge in [0, 0.05) is 18.2 Å². The van der Waals surface area contributed by atoms with Gasteiger partial charge in [-0.1, -0.05) is 61.5 Å². The van der Waals surface area contributed by atoms with Crippen molar-refractivity contribution in [2.24, 2.45) is 0 Å². The van der Waals surface area contributed by atoms with Gasteiger partial charge in [0.2, 0.25) is 0 Å². The highest BCUT2D eigenvalue weighted by atomic mass is 16.5. The Morgan fingerprint density at radius 1 is 1.03 bits per heavy atom. The fourth-order valence-corrected chi connectivity index (χ4v) is 2.72. The molecule has 1 heterocycles. The quantitative estimate of drug-likeness (QED) is 0.402. The molecule has 150 valence electrons. The zero-order valence-electron chi connectivity index (χ0n) is 16.7. The van der Waals surface area contributed by atoms with Gasteiger partial charge < -0.3 is 9.47 Å². The highest BCUT2D eigenvalue weighted by Gasteiger charge is 2.17. The summed E-state index contributed by atoms with van der Waals surface area (Å²) in [5, 5.41) is 4.27. The van der Waals surface area contributed by atoms with E-state index in [0.29, 0.717) is 25.6 Å². The molecule has 6 heteroatoms. The molecule has 0 saturated heterocycles. The van der Waals surface area contributed by atoms with Crippen molar-refractivity contribution in [1.82, 2.24) is 14.8 Å². The van der Waals surface area contributed by atoms with E-state index in [1.807, 2.05) is 61.5 Å². The van der Waals surface area contributed by atoms with Gasteiger partial charge in [0.1, 0.15) is 6.61 Å². The van der Waals surface area contributed by atoms with Gasteiger partial charge in [-0.05, 0) is 30.5 Å². The van der Waals surface area contributed by atoms with Gasteiger partial charge in [-0.2, -0.15) is 9.67 Å². The predicted octanol–water partition coefficient (Wildman–Crippen LogP) is 4.28. The Morgan fingerprint density at radius 3 is 2.48 bits per heavy atom. The SMILES string of the molecule is CCOCCOc1nc(-c2ccc(CC)cc2)n(C(=O)/C=C/c2ccccc2)n1. The molecule has 0 aliphatic carbocycles. The largest absolute Gasteiger partial charge is 0.460 e. The average molecular weight is 391 g/mol. The summed E-state index contributed by atoms with van der Waals surface area (Å²) in [5.74, 6) is 0.150. The van der Waals surface area contributed by atoms with Crippen LogP contribution in [0.15, 0.2) is 60.7 Å². The zero-order valence-corrected chi connectivity index (χ0v) is 16.7. The number of rotatable bonds is 9. The lowest BCUT2D eigenvalue weighted by Crippen LogP contribution is -2.12. The van der Waals surface area contributed by atoms with E-state index in [-0.39, 0.29) is 11.9 Å². The number of carbonyl (C=O) groups excluding carboxylic acids is 1. The third-order valence-corrected chi connectivity index (χ3v) is 4.30. The highest BCUT2D eigenvalue weighted by molar-refractivity contribution is 5.95. The Bertz CT molecular complexity index is 947. The van der Waals surface area contributed by atoms with Gasteiger partial charge in [-0.25, -0.2) is 0 Å². The fourth-order valence-electron chi connectivity index (χ4n) is 2.72. The minimum Gasteiger partial charge on any atom is -0.460 e. The van der Waals surface area contributed by atoms with E-state index in [0.717, 1.165) is 17.5 Å². The van der Waals surface area contributed by atoms with Crippen molar-refractivity contribution in [1.29, 1.82) is 0 Å². The fraction of sp³-hybridized carbons (Fsp3) is 0.261. The minimum absolute atomic E-state index is 0.153. The number of allylic oxidation sites excluding steroid dienone is 1. The van der Waals surface area contributed by atoms with E-state index in [1.165, 1.54) is 16.3 Å². The second-order valence-corrected chi connectivity index (χ2v) is 6.31. The Hall–Kier alpha value is -3.25. The maximum Gasteiger partial charge on any atom is 0.336 e. The number of carbonyl (C=O) groups is 1. The zero-order chi connectivity index (χ0) is 20.5. The summed E-state index contributed by atoms with van der Waals surface area (Å²) in [4.78, 5) is 17.2. The Balaban J connectivity index is 1.86. The third kappa shape index (κ3) is 5.62. The summed E-state index contributed by atoms with van der Waals surface area (Å²) in [6.45, 7) is 5.39. The molecule has 0 fully saturated rings. The molecule has 3 aromatic rings. The van der Waals surface area contributed by atoms with E-state index in [9.17, 15) is 4.79 Å². The molecule has 0 spiro atoms. The first-order valence-electron chi connectivity index (χ1n) is 9.75. The van der Waals surface area contributed by atoms with Crippen molar-refractivity contribution in [3.05, 3.63) is 71.8 Å². The van der Waals surface area contributed by atoms with Gasteiger partial charge in [0.25, 0.3) is 5.91 Å². The van der Waals surface area contributed by atoms with Crippen LogP contribution in [-0.2, 0) is 11.2 Å². The summed E-state index contributed by atoms with van der Waals surface area (Å²) < 4.78 is 12.1. The van der Waals surface area contributed by atoms with Crippen molar-refractivity contribution in [2.45, 2.75) is 20.3 Å². The van der Waals surface area contributed by atoms with Gasteiger partial charge in [0.15, 0.2) is 5.82 Å². The Labute approximate surface area is 170 Å². The van der Waals surface area contributed by atoms with Crippen LogP contribution >= 0.6 is 0 Å². The van der Waals surface area contributed by atoms with Crippen LogP contribution in [0.1, 0.15) is 29.8 Å². The molecule has 1 aromatic heterocycles. The number of hydrogen-bond acceptors (Lipinski definition) is 5. The molecule has 0 unspecified atom stereocenters. The van der Waals surface area contributed by atoms with Crippen molar-refractivity contribution < 1.29 is 14.3 Å². The molecule has 0 N–H and O–H groups in total. The smallest absolute Gasteiger partial charge is 0.336 e. The molecule has 0 amide bonds. The highest BCUT2D eigenvalue weighted by Crippen LogP contribution is 2.21. The second kappa shape index (κ2) is 10.3. The van der Waals surface area contributed by atoms with E-state index >= 15 is 0 Å². The minimum atomic E-state index is -0.296. The Morgan fingerprint density at radius 2 is 1.79 bits per heavy atom. The monoisotopic (exact) mass is 391 g/mol. The lowest BCUT2D eigenvalue weighted by Gasteiger charge is -2.03. The third-order valence-electron chi connectivity index (χ3n) is 4.30. The number of nitrogens with zero attached hydrogens (tertiary/aromatic N) is 3. The van der Waals surface area contributed by atoms with Crippen LogP contribution in [0.25, 0.3) is 17.5 Å². The summed E-state index contributed by atoms with van der Waals surface area (Å²) in [6.07, 6.45) is 4.18. The topological polar surface area (TPSA) is 66.2 Å². The van der Waals surface area contributed by atoms with Crippen molar-refractivity contribution in [3.63, 3.8) is 0 Å². The molecule has 0 atom stereocenters. The molecule has 3 rings (SSSR count). The van der Waals surface area contributed by atoms with Gasteiger partial charge in [-0.15, -0.1) is 5.10 Å². The second-order valence-electron chi connectivity index (χ2n) is 6.31. The first-order valence-corrected chi connectivity index (χ1v) is 9.75. The summed E-state index contributed by atoms with van der Waals surface area (Å²) >= 11 is 0. The normalized spacial score (nSPS) is 11.1. The van der Waals surface area contributed by atoms with Crippen LogP contribution in [0.5, 0.6) is 6.01 Å². The van der Waals surface area contributed by atoms with Gasteiger partial charge in [0.05, 0.1) is 6.61 Å². The summed E-state index contributed by atoms with van der Waals surface area (Å²) in [5.41, 5.74) is 2.95. The van der Waals surface area contributed by atoms with Crippen LogP contribution in [-0.4, -0.2) is 40.5 Å². The number of aryl methyl sites for hydroxylation is 1. The Kier molecular flexibility index (Phi) is 7.30. The van der Waals surface area contributed by atoms with Crippen LogP contribution in [0.4, 0.5) is 0 Å². The van der Waals surface area contributed by atoms with Crippen molar-refractivity contribution in [2.75, 3.05) is 19.8 Å². The number of benzene rings is 2. The van der Waals surface area contributed by atoms with E-state index in [1.54, 1.807) is 6.08 Å². The van der Waals surface area contributed by atoms with Crippen molar-refractivity contribution in [3.8, 4) is 17.4 Å². The summed E-state index contributed by atoms with van der Waals surface area (Å²) in [7, 11) is 0. The molecule has 2 aromatic carbocycles. The predicted molar refractivity (Wildman–Crippen MR) is 113 cm³/mol. The first kappa shape index (κ1) is 20.5. The first-order chi connectivity index (χ1) is 14.2. The molecule has 0 bridgehead atoms. The van der Waals surface area contributed by atoms with Crippen LogP contribution < -0.4 is 4.74 Å². The van der Waals surface area contributed by atoms with E-state index in [4.69, 9.17) is 9.47 Å². The summed E-state index contributed by atoms with van der Waals surface area (Å²) in [6, 6.07) is 17.7. The van der Waals surface area contributed by atoms with E-state index < -0.39 is 0 Å². The van der Waals surface area contributed by atoms with Crippen LogP contribution in [0.2, 0.25) is 0 Å². The molecule has 29 heavy (non-hydrogen) atoms. The lowest BCUT2D eigenvalue weighted by molar-refractivity contribution is 0.0947. The number of ether oxygens (including phenoxy) is 2. The molecular formula is C23H25N3O3. The van der Waals surface area contributed by atoms with E-state index in [2.05, 4.69) is 17.0 Å². The molecule has 0 aliphatic heterocycles. The molecule has 0 saturated carbocycles. The molecule has 0 radical (unpaired) electrons. The number of hydrogen-bond donors (Lipinski definition) is 0. The standard InChI is InChI=1S/C23H25N3O3/c1-3-18-10-13-20(14-11-18)22-24-23(29-17-16-28-4-2)25-26(22)21(27)15-12-19-8-6-5-7-9-19/h5-15H,3-4,16-17H2,1-2H3/b15-12+. The maximum atomic E-state index is 12.8. The number of aromatic nitrogens is 3. The molecule has 6 nitrogen and oxygen atoms in total. The van der Waals surface area contributed by atoms with Crippen molar-refractivity contribution >= 4 is 12.0 Å². The molecule has 0 aliphatic rings. The maximum absolute atomic E-state index is 12.8. The van der Waals surface area contributed by atoms with Gasteiger partial charge in [-0.3, -0.25) is 4.79 Å². The van der Waals surface area contributed by atoms with Crippen LogP contribution in [0, 0.1) is 0 Å². The van der Waals surface area contributed by atoms with Gasteiger partial charge >= 0.3 is 6.01 Å².